The molecule has 3 saturated heterocycles. The van der Waals surface area contributed by atoms with E-state index in [0.717, 1.165) is 46.5 Å². The van der Waals surface area contributed by atoms with Gasteiger partial charge in [-0.05, 0) is 46.9 Å². The van der Waals surface area contributed by atoms with Gasteiger partial charge in [-0.15, -0.1) is 0 Å². The number of likely N-dealkylation sites (tertiary alicyclic amines) is 2. The Labute approximate surface area is 356 Å². The summed E-state index contributed by atoms with van der Waals surface area (Å²) < 4.78 is 22.3. The molecule has 3 fully saturated rings. The van der Waals surface area contributed by atoms with Crippen molar-refractivity contribution in [3.8, 4) is 33.6 Å². The molecule has 16 heteroatoms. The molecule has 0 aliphatic carbocycles. The van der Waals surface area contributed by atoms with Crippen LogP contribution in [0.2, 0.25) is 0 Å². The summed E-state index contributed by atoms with van der Waals surface area (Å²) in [4.78, 5) is 71.8. The third-order valence-corrected chi connectivity index (χ3v) is 11.9. The van der Waals surface area contributed by atoms with E-state index in [4.69, 9.17) is 23.9 Å². The number of H-pyrrole nitrogens is 2. The lowest BCUT2D eigenvalue weighted by Crippen LogP contribution is -2.53. The van der Waals surface area contributed by atoms with Crippen molar-refractivity contribution in [3.05, 3.63) is 72.6 Å². The fraction of sp³-hybridized carbons (Fsp3) is 0.511. The fourth-order valence-electron chi connectivity index (χ4n) is 8.32. The van der Waals surface area contributed by atoms with Crippen molar-refractivity contribution in [1.29, 1.82) is 0 Å². The number of hydrogen-bond donors (Lipinski definition) is 4. The lowest BCUT2D eigenvalue weighted by atomic mass is 9.94. The van der Waals surface area contributed by atoms with Gasteiger partial charge in [0, 0.05) is 18.4 Å². The van der Waals surface area contributed by atoms with E-state index in [2.05, 4.69) is 63.7 Å². The number of imidazole rings is 2. The highest BCUT2D eigenvalue weighted by Crippen LogP contribution is 2.44. The zero-order chi connectivity index (χ0) is 43.6. The van der Waals surface area contributed by atoms with Gasteiger partial charge in [0.1, 0.15) is 23.7 Å². The Balaban J connectivity index is 1.04. The van der Waals surface area contributed by atoms with Crippen molar-refractivity contribution in [1.82, 2.24) is 40.4 Å². The second-order valence-corrected chi connectivity index (χ2v) is 17.8. The molecule has 4 atom stereocenters. The van der Waals surface area contributed by atoms with Gasteiger partial charge in [-0.3, -0.25) is 9.59 Å². The van der Waals surface area contributed by atoms with Crippen molar-refractivity contribution in [2.24, 2.45) is 17.3 Å². The largest absolute Gasteiger partial charge is 0.453 e. The molecule has 0 radical (unpaired) electrons. The van der Waals surface area contributed by atoms with Gasteiger partial charge >= 0.3 is 12.2 Å². The lowest BCUT2D eigenvalue weighted by molar-refractivity contribution is -0.290. The molecular weight excluding hydrogens is 781 g/mol. The van der Waals surface area contributed by atoms with Gasteiger partial charge in [-0.2, -0.15) is 0 Å². The van der Waals surface area contributed by atoms with E-state index in [1.54, 1.807) is 22.2 Å². The first-order valence-electron chi connectivity index (χ1n) is 21.0. The topological polar surface area (TPSA) is 193 Å². The molecule has 0 bridgehead atoms. The average molecular weight is 839 g/mol. The van der Waals surface area contributed by atoms with E-state index in [1.807, 2.05) is 52.0 Å². The second kappa shape index (κ2) is 17.7. The van der Waals surface area contributed by atoms with Crippen LogP contribution in [-0.4, -0.2) is 112 Å². The molecule has 2 aromatic heterocycles. The van der Waals surface area contributed by atoms with Crippen molar-refractivity contribution in [2.45, 2.75) is 90.8 Å². The molecule has 16 nitrogen and oxygen atoms in total. The highest BCUT2D eigenvalue weighted by atomic mass is 16.7. The number of aromatic nitrogens is 4. The summed E-state index contributed by atoms with van der Waals surface area (Å²) in [6, 6.07) is 14.2. The van der Waals surface area contributed by atoms with Crippen LogP contribution in [0.5, 0.6) is 0 Å². The molecule has 3 aliphatic heterocycles. The number of nitrogens with one attached hydrogen (secondary N) is 4. The molecule has 4 aromatic rings. The summed E-state index contributed by atoms with van der Waals surface area (Å²) >= 11 is 0. The number of ether oxygens (including phenoxy) is 4. The van der Waals surface area contributed by atoms with Crippen LogP contribution in [0.4, 0.5) is 9.59 Å². The van der Waals surface area contributed by atoms with Gasteiger partial charge < -0.3 is 49.3 Å². The minimum absolute atomic E-state index is 0.114. The van der Waals surface area contributed by atoms with E-state index in [1.165, 1.54) is 14.2 Å². The standard InChI is InChI=1S/C45H58N8O8/c1-26(2)36(50-42(56)58-7)40(54)52-19-9-10-34(52)38-46-21-32(48-38)30-15-11-28(12-16-30)29-13-17-31(18-14-29)33-22-47-39(49-33)35-20-45(60-24-44(5,6)25-61-45)23-53(35)41(55)37(27(3)4)51-43(57)59-8/h11-18,21-22,26-27,34-37H,9-10,19-20,23-25H2,1-8H3,(H,46,48)(H,47,49)(H,50,56)(H,51,57)/t34-,35-,36?,37-/m0/s1. The average Bonchev–Trinajstić information content (AvgIpc) is 4.09. The third kappa shape index (κ3) is 9.30. The highest BCUT2D eigenvalue weighted by molar-refractivity contribution is 5.87. The molecule has 4 N–H and O–H groups in total. The Morgan fingerprint density at radius 3 is 1.61 bits per heavy atom. The summed E-state index contributed by atoms with van der Waals surface area (Å²) in [6.07, 6.45) is 4.25. The number of nitrogens with zero attached hydrogens (tertiary/aromatic N) is 4. The van der Waals surface area contributed by atoms with E-state index in [0.29, 0.717) is 37.8 Å². The Morgan fingerprint density at radius 1 is 0.705 bits per heavy atom. The number of alkyl carbamates (subject to hydrolysis) is 2. The normalized spacial score (nSPS) is 20.5. The quantitative estimate of drug-likeness (QED) is 0.128. The molecule has 4 amide bonds. The van der Waals surface area contributed by atoms with Crippen LogP contribution in [0.1, 0.15) is 84.5 Å². The third-order valence-electron chi connectivity index (χ3n) is 11.9. The summed E-state index contributed by atoms with van der Waals surface area (Å²) in [7, 11) is 2.56. The van der Waals surface area contributed by atoms with Gasteiger partial charge in [0.15, 0.2) is 5.79 Å². The van der Waals surface area contributed by atoms with Crippen molar-refractivity contribution in [2.75, 3.05) is 40.5 Å². The number of aromatic amines is 2. The summed E-state index contributed by atoms with van der Waals surface area (Å²) in [5, 5.41) is 5.41. The summed E-state index contributed by atoms with van der Waals surface area (Å²) in [6.45, 7) is 13.5. The number of amides is 4. The molecule has 1 unspecified atom stereocenters. The van der Waals surface area contributed by atoms with Gasteiger partial charge in [0.05, 0.1) is 69.8 Å². The number of hydrogen-bond acceptors (Lipinski definition) is 10. The van der Waals surface area contributed by atoms with Crippen LogP contribution in [0.3, 0.4) is 0 Å². The van der Waals surface area contributed by atoms with Crippen molar-refractivity contribution >= 4 is 24.0 Å². The van der Waals surface area contributed by atoms with Crippen LogP contribution in [-0.2, 0) is 28.5 Å². The molecule has 3 aliphatic rings. The zero-order valence-corrected chi connectivity index (χ0v) is 36.2. The summed E-state index contributed by atoms with van der Waals surface area (Å²) in [5.74, 6) is -0.411. The maximum absolute atomic E-state index is 14.2. The molecule has 61 heavy (non-hydrogen) atoms. The van der Waals surface area contributed by atoms with Gasteiger partial charge in [0.2, 0.25) is 11.8 Å². The Bertz CT molecular complexity index is 2190. The van der Waals surface area contributed by atoms with E-state index < -0.39 is 36.1 Å². The Morgan fingerprint density at radius 2 is 1.15 bits per heavy atom. The minimum atomic E-state index is -0.993. The number of rotatable bonds is 11. The van der Waals surface area contributed by atoms with E-state index in [9.17, 15) is 19.2 Å². The highest BCUT2D eigenvalue weighted by Gasteiger charge is 2.53. The second-order valence-electron chi connectivity index (χ2n) is 17.8. The zero-order valence-electron chi connectivity index (χ0n) is 36.2. The smallest absolute Gasteiger partial charge is 0.407 e. The molecule has 5 heterocycles. The lowest BCUT2D eigenvalue weighted by Gasteiger charge is -2.41. The van der Waals surface area contributed by atoms with Crippen LogP contribution < -0.4 is 10.6 Å². The van der Waals surface area contributed by atoms with Crippen molar-refractivity contribution < 1.29 is 38.1 Å². The molecular formula is C45H58N8O8. The maximum Gasteiger partial charge on any atom is 0.407 e. The SMILES string of the molecule is COC(=O)NC(C(=O)N1CCC[C@H]1c1ncc(-c2ccc(-c3ccc(-c4cnc([C@@H]5CC6(CN5C(=O)[C@@H](NC(=O)OC)C(C)C)OCC(C)(C)CO6)[nH]4)cc3)cc2)[nH]1)C(C)C. The van der Waals surface area contributed by atoms with Crippen LogP contribution in [0.15, 0.2) is 60.9 Å². The first kappa shape index (κ1) is 43.4. The molecule has 7 rings (SSSR count). The summed E-state index contributed by atoms with van der Waals surface area (Å²) in [5.41, 5.74) is 5.43. The van der Waals surface area contributed by atoms with E-state index in [-0.39, 0.29) is 41.7 Å². The number of carbonyl (C=O) groups excluding carboxylic acids is 4. The monoisotopic (exact) mass is 838 g/mol. The van der Waals surface area contributed by atoms with Gasteiger partial charge in [0.25, 0.3) is 0 Å². The van der Waals surface area contributed by atoms with E-state index >= 15 is 0 Å². The molecule has 1 spiro atoms. The van der Waals surface area contributed by atoms with Gasteiger partial charge in [-0.1, -0.05) is 90.1 Å². The number of methoxy groups -OCH3 is 2. The first-order chi connectivity index (χ1) is 29.1. The van der Waals surface area contributed by atoms with Crippen molar-refractivity contribution in [3.63, 3.8) is 0 Å². The predicted octanol–water partition coefficient (Wildman–Crippen LogP) is 6.60. The Kier molecular flexibility index (Phi) is 12.6. The maximum atomic E-state index is 14.2. The molecule has 2 aromatic carbocycles. The minimum Gasteiger partial charge on any atom is -0.453 e. The van der Waals surface area contributed by atoms with Crippen LogP contribution in [0, 0.1) is 17.3 Å². The Hall–Kier alpha value is -5.74. The molecule has 0 saturated carbocycles. The number of carbonyl (C=O) groups is 4. The fourth-order valence-corrected chi connectivity index (χ4v) is 8.32. The van der Waals surface area contributed by atoms with Crippen LogP contribution in [0.25, 0.3) is 33.6 Å². The van der Waals surface area contributed by atoms with Crippen LogP contribution >= 0.6 is 0 Å². The van der Waals surface area contributed by atoms with Gasteiger partial charge in [-0.25, -0.2) is 19.6 Å². The predicted molar refractivity (Wildman–Crippen MR) is 227 cm³/mol. The first-order valence-corrected chi connectivity index (χ1v) is 21.0. The number of benzene rings is 2. The molecule has 326 valence electrons.